The molecule has 0 atom stereocenters. The van der Waals surface area contributed by atoms with Gasteiger partial charge in [0, 0.05) is 31.5 Å². The largest absolute Gasteiger partial charge is 0.494 e. The van der Waals surface area contributed by atoms with E-state index < -0.39 is 0 Å². The molecule has 2 aromatic heterocycles. The fraction of sp³-hybridized carbons (Fsp3) is 0.246. The van der Waals surface area contributed by atoms with Gasteiger partial charge in [0.25, 0.3) is 0 Å². The standard InChI is InChI=1S/C57H57NO4S2/c1-5-7-9-11-35-61-51-31-21-43(22-32-51)41-15-25-48(26-16-41)58(49-27-17-42(18-28-49)44-23-33-52(34-24-44)62-36-12-10-8-6-2)50-29-19-45(20-30-50)53-37-40(3)56(64-53)47-14-13-46-38-55(57(59)60-4)63-54(46)39-47/h13-34,37-39H,5-12,35-36H2,1-4H3. The van der Waals surface area contributed by atoms with Gasteiger partial charge in [-0.05, 0) is 143 Å². The minimum absolute atomic E-state index is 0.298. The third-order valence-corrected chi connectivity index (χ3v) is 14.1. The molecule has 8 rings (SSSR count). The molecule has 0 radical (unpaired) electrons. The van der Waals surface area contributed by atoms with Crippen LogP contribution >= 0.6 is 22.7 Å². The molecular formula is C57H57NO4S2. The molecule has 0 amide bonds. The zero-order chi connectivity index (χ0) is 44.3. The highest BCUT2D eigenvalue weighted by molar-refractivity contribution is 7.21. The lowest BCUT2D eigenvalue weighted by atomic mass is 10.0. The molecule has 0 fully saturated rings. The van der Waals surface area contributed by atoms with Crippen molar-refractivity contribution in [2.24, 2.45) is 0 Å². The Labute approximate surface area is 386 Å². The summed E-state index contributed by atoms with van der Waals surface area (Å²) < 4.78 is 18.1. The SMILES string of the molecule is CCCCCCOc1ccc(-c2ccc(N(c3ccc(-c4ccc(OCCCCCC)cc4)cc3)c3ccc(-c4cc(C)c(-c5ccc6cc(C(=O)OC)sc6c5)s4)cc3)cc2)cc1. The van der Waals surface area contributed by atoms with Crippen molar-refractivity contribution in [3.8, 4) is 54.6 Å². The number of thiophene rings is 2. The maximum absolute atomic E-state index is 12.2. The van der Waals surface area contributed by atoms with E-state index in [1.165, 1.54) is 77.9 Å². The number of nitrogens with zero attached hydrogens (tertiary/aromatic N) is 1. The summed E-state index contributed by atoms with van der Waals surface area (Å²) in [6.45, 7) is 8.15. The van der Waals surface area contributed by atoms with Crippen LogP contribution in [0.3, 0.4) is 0 Å². The maximum atomic E-state index is 12.2. The monoisotopic (exact) mass is 883 g/mol. The summed E-state index contributed by atoms with van der Waals surface area (Å²) in [4.78, 5) is 17.6. The van der Waals surface area contributed by atoms with Gasteiger partial charge in [0.2, 0.25) is 0 Å². The number of aryl methyl sites for hydroxylation is 1. The molecule has 326 valence electrons. The van der Waals surface area contributed by atoms with Crippen LogP contribution in [0.1, 0.15) is 80.4 Å². The summed E-state index contributed by atoms with van der Waals surface area (Å²) in [7, 11) is 1.42. The average Bonchev–Trinajstić information content (AvgIpc) is 3.96. The maximum Gasteiger partial charge on any atom is 0.348 e. The first-order valence-electron chi connectivity index (χ1n) is 22.7. The Bertz CT molecular complexity index is 2630. The average molecular weight is 884 g/mol. The Morgan fingerprint density at radius 2 is 0.953 bits per heavy atom. The van der Waals surface area contributed by atoms with Crippen molar-refractivity contribution in [1.29, 1.82) is 0 Å². The number of rotatable bonds is 20. The molecule has 7 heteroatoms. The van der Waals surface area contributed by atoms with E-state index in [2.05, 4.69) is 171 Å². The molecule has 0 unspecified atom stereocenters. The van der Waals surface area contributed by atoms with Gasteiger partial charge in [-0.25, -0.2) is 4.79 Å². The van der Waals surface area contributed by atoms with Crippen LogP contribution in [0, 0.1) is 6.92 Å². The van der Waals surface area contributed by atoms with Crippen LogP contribution in [-0.4, -0.2) is 26.3 Å². The zero-order valence-corrected chi connectivity index (χ0v) is 39.0. The van der Waals surface area contributed by atoms with Crippen molar-refractivity contribution in [1.82, 2.24) is 0 Å². The number of benzene rings is 6. The number of hydrogen-bond acceptors (Lipinski definition) is 7. The van der Waals surface area contributed by atoms with E-state index in [0.717, 1.165) is 92.5 Å². The van der Waals surface area contributed by atoms with Crippen LogP contribution in [0.25, 0.3) is 53.2 Å². The second-order valence-corrected chi connectivity index (χ2v) is 18.5. The molecule has 0 spiro atoms. The van der Waals surface area contributed by atoms with E-state index >= 15 is 0 Å². The van der Waals surface area contributed by atoms with Crippen LogP contribution < -0.4 is 14.4 Å². The number of fused-ring (bicyclic) bond motifs is 1. The highest BCUT2D eigenvalue weighted by Crippen LogP contribution is 2.42. The van der Waals surface area contributed by atoms with Crippen molar-refractivity contribution < 1.29 is 19.0 Å². The topological polar surface area (TPSA) is 48.0 Å². The quantitative estimate of drug-likeness (QED) is 0.0564. The number of carbonyl (C=O) groups is 1. The summed E-state index contributed by atoms with van der Waals surface area (Å²) in [6.07, 6.45) is 9.56. The van der Waals surface area contributed by atoms with Gasteiger partial charge in [0.05, 0.1) is 20.3 Å². The van der Waals surface area contributed by atoms with Crippen molar-refractivity contribution >= 4 is 55.8 Å². The lowest BCUT2D eigenvalue weighted by Gasteiger charge is -2.26. The van der Waals surface area contributed by atoms with Gasteiger partial charge in [-0.15, -0.1) is 22.7 Å². The highest BCUT2D eigenvalue weighted by atomic mass is 32.1. The fourth-order valence-corrected chi connectivity index (χ4v) is 10.2. The van der Waals surface area contributed by atoms with E-state index in [1.54, 1.807) is 11.3 Å². The lowest BCUT2D eigenvalue weighted by Crippen LogP contribution is -2.09. The number of esters is 1. The van der Waals surface area contributed by atoms with Crippen LogP contribution in [0.5, 0.6) is 11.5 Å². The molecule has 0 bridgehead atoms. The van der Waals surface area contributed by atoms with Crippen LogP contribution in [0.4, 0.5) is 17.1 Å². The number of ether oxygens (including phenoxy) is 3. The van der Waals surface area contributed by atoms with Crippen molar-refractivity contribution in [3.63, 3.8) is 0 Å². The summed E-state index contributed by atoms with van der Waals surface area (Å²) in [6, 6.07) is 54.1. The number of hydrogen-bond donors (Lipinski definition) is 0. The van der Waals surface area contributed by atoms with Crippen LogP contribution in [0.15, 0.2) is 152 Å². The number of anilines is 3. The highest BCUT2D eigenvalue weighted by Gasteiger charge is 2.17. The first kappa shape index (κ1) is 44.5. The predicted molar refractivity (Wildman–Crippen MR) is 271 cm³/mol. The summed E-state index contributed by atoms with van der Waals surface area (Å²) in [5.41, 5.74) is 11.4. The molecule has 0 N–H and O–H groups in total. The van der Waals surface area contributed by atoms with E-state index in [9.17, 15) is 4.79 Å². The molecule has 0 saturated carbocycles. The lowest BCUT2D eigenvalue weighted by molar-refractivity contribution is 0.0606. The van der Waals surface area contributed by atoms with E-state index in [0.29, 0.717) is 4.88 Å². The Kier molecular flexibility index (Phi) is 14.9. The fourth-order valence-electron chi connectivity index (χ4n) is 8.04. The summed E-state index contributed by atoms with van der Waals surface area (Å²) in [5.74, 6) is 1.54. The van der Waals surface area contributed by atoms with Crippen molar-refractivity contribution in [2.75, 3.05) is 25.2 Å². The Morgan fingerprint density at radius 3 is 1.42 bits per heavy atom. The molecular weight excluding hydrogens is 827 g/mol. The third-order valence-electron chi connectivity index (χ3n) is 11.7. The zero-order valence-electron chi connectivity index (χ0n) is 37.4. The van der Waals surface area contributed by atoms with E-state index in [4.69, 9.17) is 14.2 Å². The number of unbranched alkanes of at least 4 members (excludes halogenated alkanes) is 6. The minimum Gasteiger partial charge on any atom is -0.494 e. The van der Waals surface area contributed by atoms with Crippen LogP contribution in [-0.2, 0) is 4.74 Å². The van der Waals surface area contributed by atoms with Gasteiger partial charge in [-0.3, -0.25) is 0 Å². The van der Waals surface area contributed by atoms with Crippen molar-refractivity contribution in [3.05, 3.63) is 162 Å². The normalized spacial score (nSPS) is 11.2. The van der Waals surface area contributed by atoms with Gasteiger partial charge in [0.1, 0.15) is 16.4 Å². The molecule has 2 heterocycles. The molecule has 0 aliphatic heterocycles. The second-order valence-electron chi connectivity index (χ2n) is 16.3. The smallest absolute Gasteiger partial charge is 0.348 e. The molecule has 8 aromatic rings. The summed E-state index contributed by atoms with van der Waals surface area (Å²) in [5, 5.41) is 1.05. The predicted octanol–water partition coefficient (Wildman–Crippen LogP) is 17.1. The van der Waals surface area contributed by atoms with Gasteiger partial charge in [0.15, 0.2) is 0 Å². The molecule has 0 aliphatic carbocycles. The molecule has 64 heavy (non-hydrogen) atoms. The minimum atomic E-state index is -0.298. The van der Waals surface area contributed by atoms with Gasteiger partial charge in [-0.1, -0.05) is 125 Å². The molecule has 5 nitrogen and oxygen atoms in total. The number of methoxy groups -OCH3 is 1. The Balaban J connectivity index is 1.04. The Morgan fingerprint density at radius 1 is 0.500 bits per heavy atom. The van der Waals surface area contributed by atoms with Crippen LogP contribution in [0.2, 0.25) is 0 Å². The van der Waals surface area contributed by atoms with E-state index in [1.807, 2.05) is 6.07 Å². The third kappa shape index (κ3) is 10.8. The molecule has 0 aliphatic rings. The second kappa shape index (κ2) is 21.5. The van der Waals surface area contributed by atoms with Gasteiger partial charge >= 0.3 is 5.97 Å². The van der Waals surface area contributed by atoms with E-state index in [-0.39, 0.29) is 5.97 Å². The van der Waals surface area contributed by atoms with Gasteiger partial charge < -0.3 is 19.1 Å². The molecule has 6 aromatic carbocycles. The van der Waals surface area contributed by atoms with Gasteiger partial charge in [-0.2, -0.15) is 0 Å². The summed E-state index contributed by atoms with van der Waals surface area (Å²) >= 11 is 3.27. The first-order valence-corrected chi connectivity index (χ1v) is 24.3. The first-order chi connectivity index (χ1) is 31.4. The number of carbonyl (C=O) groups excluding carboxylic acids is 1. The Hall–Kier alpha value is -6.15. The van der Waals surface area contributed by atoms with Crippen molar-refractivity contribution in [2.45, 2.75) is 72.1 Å². The molecule has 0 saturated heterocycles.